The third-order valence-electron chi connectivity index (χ3n) is 5.96. The molecular formula is C28H32N2O2. The van der Waals surface area contributed by atoms with Crippen LogP contribution in [0.5, 0.6) is 11.5 Å². The van der Waals surface area contributed by atoms with Crippen LogP contribution in [-0.2, 0) is 0 Å². The van der Waals surface area contributed by atoms with Crippen LogP contribution in [0, 0.1) is 0 Å². The molecule has 3 aromatic rings. The Morgan fingerprint density at radius 1 is 0.844 bits per heavy atom. The fourth-order valence-corrected chi connectivity index (χ4v) is 4.25. The number of aromatic hydroxyl groups is 1. The molecule has 4 rings (SSSR count). The summed E-state index contributed by atoms with van der Waals surface area (Å²) in [5, 5.41) is 13.2. The predicted molar refractivity (Wildman–Crippen MR) is 132 cm³/mol. The molecule has 1 aliphatic rings. The van der Waals surface area contributed by atoms with E-state index in [1.165, 1.54) is 16.7 Å². The van der Waals surface area contributed by atoms with Crippen molar-refractivity contribution in [2.24, 2.45) is 0 Å². The molecule has 166 valence electrons. The standard InChI is InChI=1S/C28H32N2O2/c1-2-27(22-6-4-3-5-7-22)28(23-8-12-25(31)13-9-23)24-10-14-26(15-11-24)32-21-20-30-18-16-29-17-19-30/h3-15,29,31H,2,16-21H2,1H3/b28-27+. The Morgan fingerprint density at radius 3 is 2.09 bits per heavy atom. The summed E-state index contributed by atoms with van der Waals surface area (Å²) in [6, 6.07) is 26.4. The second-order valence-electron chi connectivity index (χ2n) is 8.08. The van der Waals surface area contributed by atoms with E-state index in [1.54, 1.807) is 12.1 Å². The maximum absolute atomic E-state index is 9.80. The maximum Gasteiger partial charge on any atom is 0.119 e. The molecule has 1 heterocycles. The topological polar surface area (TPSA) is 44.7 Å². The van der Waals surface area contributed by atoms with Gasteiger partial charge >= 0.3 is 0 Å². The maximum atomic E-state index is 9.80. The molecule has 0 aromatic heterocycles. The lowest BCUT2D eigenvalue weighted by Crippen LogP contribution is -2.44. The molecule has 0 saturated carbocycles. The van der Waals surface area contributed by atoms with Crippen LogP contribution >= 0.6 is 0 Å². The minimum atomic E-state index is 0.277. The van der Waals surface area contributed by atoms with E-state index in [9.17, 15) is 5.11 Å². The van der Waals surface area contributed by atoms with E-state index in [0.717, 1.165) is 56.0 Å². The van der Waals surface area contributed by atoms with E-state index in [4.69, 9.17) is 4.74 Å². The lowest BCUT2D eigenvalue weighted by Gasteiger charge is -2.26. The quantitative estimate of drug-likeness (QED) is 0.493. The Labute approximate surface area is 191 Å². The molecule has 0 atom stereocenters. The largest absolute Gasteiger partial charge is 0.508 e. The number of nitrogens with zero attached hydrogens (tertiary/aromatic N) is 1. The van der Waals surface area contributed by atoms with Crippen LogP contribution < -0.4 is 10.1 Å². The van der Waals surface area contributed by atoms with Crippen LogP contribution in [0.15, 0.2) is 78.9 Å². The Morgan fingerprint density at radius 2 is 1.47 bits per heavy atom. The van der Waals surface area contributed by atoms with E-state index in [-0.39, 0.29) is 5.75 Å². The number of allylic oxidation sites excluding steroid dienone is 1. The number of hydrogen-bond donors (Lipinski definition) is 2. The van der Waals surface area contributed by atoms with Gasteiger partial charge in [-0.1, -0.05) is 61.5 Å². The van der Waals surface area contributed by atoms with Gasteiger partial charge in [-0.15, -0.1) is 0 Å². The summed E-state index contributed by atoms with van der Waals surface area (Å²) in [5.41, 5.74) is 5.92. The van der Waals surface area contributed by atoms with E-state index in [2.05, 4.69) is 65.7 Å². The fourth-order valence-electron chi connectivity index (χ4n) is 4.25. The zero-order chi connectivity index (χ0) is 22.2. The van der Waals surface area contributed by atoms with Gasteiger partial charge in [0.05, 0.1) is 0 Å². The lowest BCUT2D eigenvalue weighted by atomic mass is 9.88. The highest BCUT2D eigenvalue weighted by atomic mass is 16.5. The third-order valence-corrected chi connectivity index (χ3v) is 5.96. The molecule has 32 heavy (non-hydrogen) atoms. The van der Waals surface area contributed by atoms with Gasteiger partial charge in [0.25, 0.3) is 0 Å². The van der Waals surface area contributed by atoms with Gasteiger partial charge in [-0.2, -0.15) is 0 Å². The zero-order valence-electron chi connectivity index (χ0n) is 18.8. The second kappa shape index (κ2) is 11.0. The lowest BCUT2D eigenvalue weighted by molar-refractivity contribution is 0.191. The first-order chi connectivity index (χ1) is 15.7. The molecule has 1 saturated heterocycles. The highest BCUT2D eigenvalue weighted by Gasteiger charge is 2.14. The van der Waals surface area contributed by atoms with Crippen molar-refractivity contribution < 1.29 is 9.84 Å². The molecule has 3 aromatic carbocycles. The monoisotopic (exact) mass is 428 g/mol. The van der Waals surface area contributed by atoms with Gasteiger partial charge in [0.2, 0.25) is 0 Å². The fraction of sp³-hybridized carbons (Fsp3) is 0.286. The van der Waals surface area contributed by atoms with Crippen molar-refractivity contribution in [1.29, 1.82) is 0 Å². The Hall–Kier alpha value is -3.08. The number of benzene rings is 3. The van der Waals surface area contributed by atoms with Gasteiger partial charge in [0.1, 0.15) is 18.1 Å². The van der Waals surface area contributed by atoms with Crippen molar-refractivity contribution in [1.82, 2.24) is 10.2 Å². The number of piperazine rings is 1. The molecule has 4 heteroatoms. The summed E-state index contributed by atoms with van der Waals surface area (Å²) in [6.07, 6.45) is 0.906. The minimum Gasteiger partial charge on any atom is -0.508 e. The summed E-state index contributed by atoms with van der Waals surface area (Å²) in [6.45, 7) is 8.13. The van der Waals surface area contributed by atoms with Gasteiger partial charge in [-0.05, 0) is 58.5 Å². The van der Waals surface area contributed by atoms with Crippen molar-refractivity contribution in [3.63, 3.8) is 0 Å². The molecule has 1 fully saturated rings. The van der Waals surface area contributed by atoms with Crippen LogP contribution in [0.3, 0.4) is 0 Å². The van der Waals surface area contributed by atoms with Crippen molar-refractivity contribution in [2.45, 2.75) is 13.3 Å². The number of hydrogen-bond acceptors (Lipinski definition) is 4. The summed E-state index contributed by atoms with van der Waals surface area (Å²) < 4.78 is 6.03. The predicted octanol–water partition coefficient (Wildman–Crippen LogP) is 5.05. The highest BCUT2D eigenvalue weighted by Crippen LogP contribution is 2.35. The van der Waals surface area contributed by atoms with E-state index >= 15 is 0 Å². The summed E-state index contributed by atoms with van der Waals surface area (Å²) in [7, 11) is 0. The van der Waals surface area contributed by atoms with Crippen molar-refractivity contribution in [3.8, 4) is 11.5 Å². The van der Waals surface area contributed by atoms with Crippen LogP contribution in [-0.4, -0.2) is 49.3 Å². The van der Waals surface area contributed by atoms with Gasteiger partial charge < -0.3 is 15.2 Å². The van der Waals surface area contributed by atoms with Gasteiger partial charge in [-0.3, -0.25) is 4.90 Å². The van der Waals surface area contributed by atoms with Crippen LogP contribution in [0.1, 0.15) is 30.0 Å². The number of ether oxygens (including phenoxy) is 1. The third kappa shape index (κ3) is 5.58. The van der Waals surface area contributed by atoms with E-state index in [1.807, 2.05) is 18.2 Å². The average Bonchev–Trinajstić information content (AvgIpc) is 2.85. The molecular weight excluding hydrogens is 396 g/mol. The number of nitrogens with one attached hydrogen (secondary N) is 1. The molecule has 0 unspecified atom stereocenters. The summed E-state index contributed by atoms with van der Waals surface area (Å²) in [4.78, 5) is 2.43. The Bertz CT molecular complexity index is 1010. The second-order valence-corrected chi connectivity index (χ2v) is 8.08. The van der Waals surface area contributed by atoms with Crippen molar-refractivity contribution in [2.75, 3.05) is 39.3 Å². The van der Waals surface area contributed by atoms with Gasteiger partial charge in [0.15, 0.2) is 0 Å². The normalized spacial score (nSPS) is 15.3. The molecule has 0 bridgehead atoms. The number of rotatable bonds is 8. The SMILES string of the molecule is CC/C(=C(/c1ccc(O)cc1)c1ccc(OCCN2CCNCC2)cc1)c1ccccc1. The Balaban J connectivity index is 1.58. The molecule has 0 spiro atoms. The van der Waals surface area contributed by atoms with Crippen LogP contribution in [0.2, 0.25) is 0 Å². The van der Waals surface area contributed by atoms with Crippen LogP contribution in [0.25, 0.3) is 11.1 Å². The average molecular weight is 429 g/mol. The zero-order valence-corrected chi connectivity index (χ0v) is 18.8. The summed E-state index contributed by atoms with van der Waals surface area (Å²) in [5.74, 6) is 1.17. The first-order valence-electron chi connectivity index (χ1n) is 11.5. The Kier molecular flexibility index (Phi) is 7.59. The van der Waals surface area contributed by atoms with Crippen molar-refractivity contribution >= 4 is 11.1 Å². The molecule has 0 aliphatic carbocycles. The van der Waals surface area contributed by atoms with E-state index < -0.39 is 0 Å². The molecule has 2 N–H and O–H groups in total. The number of phenolic OH excluding ortho intramolecular Hbond substituents is 1. The van der Waals surface area contributed by atoms with E-state index in [0.29, 0.717) is 6.61 Å². The first-order valence-corrected chi connectivity index (χ1v) is 11.5. The molecule has 0 radical (unpaired) electrons. The van der Waals surface area contributed by atoms with Crippen molar-refractivity contribution in [3.05, 3.63) is 95.6 Å². The molecule has 1 aliphatic heterocycles. The molecule has 0 amide bonds. The van der Waals surface area contributed by atoms with Crippen LogP contribution in [0.4, 0.5) is 0 Å². The first kappa shape index (κ1) is 22.1. The molecule has 4 nitrogen and oxygen atoms in total. The minimum absolute atomic E-state index is 0.277. The smallest absolute Gasteiger partial charge is 0.119 e. The van der Waals surface area contributed by atoms with Gasteiger partial charge in [0, 0.05) is 32.7 Å². The van der Waals surface area contributed by atoms with Gasteiger partial charge in [-0.25, -0.2) is 0 Å². The number of phenols is 1. The highest BCUT2D eigenvalue weighted by molar-refractivity contribution is 5.98. The summed E-state index contributed by atoms with van der Waals surface area (Å²) >= 11 is 0.